The summed E-state index contributed by atoms with van der Waals surface area (Å²) < 4.78 is 12.2. The number of hydrogen-bond donors (Lipinski definition) is 1. The minimum atomic E-state index is -0.614. The molecule has 0 spiro atoms. The van der Waals surface area contributed by atoms with E-state index in [9.17, 15) is 24.0 Å². The average molecular weight is 862 g/mol. The molecule has 62 heavy (non-hydrogen) atoms. The fourth-order valence-corrected chi connectivity index (χ4v) is 9.66. The molecule has 12 heteroatoms. The Bertz CT molecular complexity index is 1730. The Kier molecular flexibility index (Phi) is 20.8. The largest absolute Gasteiger partial charge is 0.399 e. The summed E-state index contributed by atoms with van der Waals surface area (Å²) >= 11 is 0. The van der Waals surface area contributed by atoms with E-state index in [1.54, 1.807) is 38.1 Å². The van der Waals surface area contributed by atoms with Crippen molar-refractivity contribution < 1.29 is 33.4 Å². The Hall–Kier alpha value is -4.13. The molecular formula is C50H79N5O7. The summed E-state index contributed by atoms with van der Waals surface area (Å²) in [6, 6.07) is 16.1. The lowest BCUT2D eigenvalue weighted by molar-refractivity contribution is -0.149. The molecule has 1 aliphatic heterocycles. The normalized spacial score (nSPS) is 18.2. The summed E-state index contributed by atoms with van der Waals surface area (Å²) in [7, 11) is 10.5. The first-order valence-corrected chi connectivity index (χ1v) is 22.7. The van der Waals surface area contributed by atoms with Gasteiger partial charge in [0.05, 0.1) is 36.8 Å². The molecule has 2 aromatic carbocycles. The van der Waals surface area contributed by atoms with Crippen LogP contribution in [0.15, 0.2) is 54.6 Å². The monoisotopic (exact) mass is 862 g/mol. The molecule has 0 aromatic heterocycles. The molecule has 0 unspecified atom stereocenters. The van der Waals surface area contributed by atoms with E-state index in [0.29, 0.717) is 31.6 Å². The summed E-state index contributed by atoms with van der Waals surface area (Å²) in [5, 5.41) is 0. The van der Waals surface area contributed by atoms with Crippen LogP contribution in [-0.4, -0.2) is 128 Å². The maximum Gasteiger partial charge on any atom is 0.226 e. The third kappa shape index (κ3) is 13.9. The highest BCUT2D eigenvalue weighted by atomic mass is 16.5. The van der Waals surface area contributed by atoms with Crippen molar-refractivity contribution in [2.24, 2.45) is 35.5 Å². The number of likely N-dealkylation sites (N-methyl/N-ethyl adjacent to an activating group) is 2. The number of nitrogens with zero attached hydrogens (tertiary/aromatic N) is 4. The lowest BCUT2D eigenvalue weighted by Crippen LogP contribution is -2.54. The van der Waals surface area contributed by atoms with Crippen LogP contribution in [0, 0.1) is 35.5 Å². The van der Waals surface area contributed by atoms with Crippen LogP contribution < -0.4 is 5.73 Å². The molecule has 1 aliphatic rings. The van der Waals surface area contributed by atoms with E-state index in [2.05, 4.69) is 13.8 Å². The van der Waals surface area contributed by atoms with Crippen molar-refractivity contribution in [2.45, 2.75) is 130 Å². The van der Waals surface area contributed by atoms with Crippen LogP contribution in [-0.2, 0) is 46.4 Å². The number of Topliss-reactive ketones (excluding diaryl/α,β-unsaturated/α-hetero) is 2. The number of rotatable bonds is 25. The van der Waals surface area contributed by atoms with Crippen LogP contribution in [0.2, 0.25) is 0 Å². The molecular weight excluding hydrogens is 783 g/mol. The van der Waals surface area contributed by atoms with Gasteiger partial charge in [-0.15, -0.1) is 0 Å². The van der Waals surface area contributed by atoms with Crippen molar-refractivity contribution in [3.05, 3.63) is 65.7 Å². The van der Waals surface area contributed by atoms with E-state index in [0.717, 1.165) is 24.0 Å². The number of carbonyl (C=O) groups is 5. The van der Waals surface area contributed by atoms with Gasteiger partial charge in [0, 0.05) is 77.7 Å². The van der Waals surface area contributed by atoms with Gasteiger partial charge in [0.15, 0.2) is 5.78 Å². The molecule has 3 amide bonds. The lowest BCUT2D eigenvalue weighted by Gasteiger charge is -2.41. The van der Waals surface area contributed by atoms with Gasteiger partial charge in [-0.25, -0.2) is 0 Å². The number of ether oxygens (including phenoxy) is 2. The first-order chi connectivity index (χ1) is 29.3. The summed E-state index contributed by atoms with van der Waals surface area (Å²) in [5.41, 5.74) is 8.44. The fraction of sp³-hybridized carbons (Fsp3) is 0.660. The van der Waals surface area contributed by atoms with E-state index in [4.69, 9.17) is 15.2 Å². The van der Waals surface area contributed by atoms with Gasteiger partial charge in [0.25, 0.3) is 0 Å². The number of nitrogens with two attached hydrogens (primary N) is 1. The smallest absolute Gasteiger partial charge is 0.226 e. The van der Waals surface area contributed by atoms with Crippen molar-refractivity contribution in [1.29, 1.82) is 0 Å². The highest BCUT2D eigenvalue weighted by Gasteiger charge is 2.43. The van der Waals surface area contributed by atoms with Gasteiger partial charge in [-0.3, -0.25) is 28.9 Å². The second-order valence-electron chi connectivity index (χ2n) is 18.8. The molecule has 0 radical (unpaired) electrons. The number of carbonyl (C=O) groups excluding carboxylic acids is 5. The van der Waals surface area contributed by atoms with Gasteiger partial charge in [-0.2, -0.15) is 0 Å². The predicted molar refractivity (Wildman–Crippen MR) is 247 cm³/mol. The topological polar surface area (TPSA) is 143 Å². The Morgan fingerprint density at radius 2 is 1.40 bits per heavy atom. The number of nitrogen functional groups attached to an aromatic ring is 1. The van der Waals surface area contributed by atoms with Crippen LogP contribution in [0.1, 0.15) is 98.1 Å². The average Bonchev–Trinajstić information content (AvgIpc) is 3.72. The van der Waals surface area contributed by atoms with Gasteiger partial charge in [0.2, 0.25) is 17.7 Å². The summed E-state index contributed by atoms with van der Waals surface area (Å²) in [6.45, 7) is 14.9. The number of likely N-dealkylation sites (tertiary alicyclic amines) is 1. The molecule has 1 saturated heterocycles. The molecule has 1 fully saturated rings. The van der Waals surface area contributed by atoms with E-state index in [-0.39, 0.29) is 78.4 Å². The summed E-state index contributed by atoms with van der Waals surface area (Å²) in [4.78, 5) is 78.0. The minimum absolute atomic E-state index is 0.00813. The maximum atomic E-state index is 14.4. The highest BCUT2D eigenvalue weighted by Crippen LogP contribution is 2.32. The second-order valence-corrected chi connectivity index (χ2v) is 18.8. The van der Waals surface area contributed by atoms with Gasteiger partial charge in [-0.05, 0) is 74.4 Å². The van der Waals surface area contributed by atoms with E-state index in [1.165, 1.54) is 0 Å². The van der Waals surface area contributed by atoms with E-state index >= 15 is 0 Å². The van der Waals surface area contributed by atoms with Crippen molar-refractivity contribution in [1.82, 2.24) is 19.6 Å². The van der Waals surface area contributed by atoms with Gasteiger partial charge in [0.1, 0.15) is 5.78 Å². The SMILES string of the molecule is CC[C@H](C)[C@@H]([C@@H](CC(=O)N1CCC[C@H]1[C@H](OC)[C@@H](C)C(=O)C[C@@H](Cc1ccccc1)C(=O)N(C)Cc1ccc(N)cc1)OC)N(C)C(=O)[C@@H](CC(=O)[C@H](C(C)C)N(C)C)C(C)C. The van der Waals surface area contributed by atoms with Crippen LogP contribution >= 0.6 is 0 Å². The first kappa shape index (κ1) is 52.2. The third-order valence-electron chi connectivity index (χ3n) is 13.3. The molecule has 346 valence electrons. The molecule has 0 aliphatic carbocycles. The highest BCUT2D eigenvalue weighted by molar-refractivity contribution is 5.90. The molecule has 12 nitrogen and oxygen atoms in total. The van der Waals surface area contributed by atoms with Crippen molar-refractivity contribution in [3.63, 3.8) is 0 Å². The quantitative estimate of drug-likeness (QED) is 0.107. The lowest BCUT2D eigenvalue weighted by atomic mass is 9.83. The third-order valence-corrected chi connectivity index (χ3v) is 13.3. The maximum absolute atomic E-state index is 14.4. The molecule has 2 N–H and O–H groups in total. The molecule has 1 heterocycles. The summed E-state index contributed by atoms with van der Waals surface area (Å²) in [5.74, 6) is -2.12. The molecule has 9 atom stereocenters. The first-order valence-electron chi connectivity index (χ1n) is 22.7. The van der Waals surface area contributed by atoms with Crippen LogP contribution in [0.3, 0.4) is 0 Å². The van der Waals surface area contributed by atoms with Crippen LogP contribution in [0.4, 0.5) is 5.69 Å². The number of methoxy groups -OCH3 is 2. The molecule has 2 aromatic rings. The zero-order valence-electron chi connectivity index (χ0n) is 40.1. The summed E-state index contributed by atoms with van der Waals surface area (Å²) in [6.07, 6.45) is 1.57. The van der Waals surface area contributed by atoms with Crippen molar-refractivity contribution >= 4 is 35.0 Å². The van der Waals surface area contributed by atoms with E-state index in [1.807, 2.05) is 113 Å². The number of amides is 3. The van der Waals surface area contributed by atoms with Gasteiger partial charge < -0.3 is 29.9 Å². The zero-order chi connectivity index (χ0) is 46.4. The predicted octanol–water partition coefficient (Wildman–Crippen LogP) is 6.78. The van der Waals surface area contributed by atoms with Gasteiger partial charge >= 0.3 is 0 Å². The van der Waals surface area contributed by atoms with Crippen LogP contribution in [0.5, 0.6) is 0 Å². The molecule has 3 rings (SSSR count). The number of hydrogen-bond acceptors (Lipinski definition) is 9. The molecule has 0 saturated carbocycles. The zero-order valence-corrected chi connectivity index (χ0v) is 40.1. The number of ketones is 2. The Balaban J connectivity index is 1.82. The van der Waals surface area contributed by atoms with Crippen molar-refractivity contribution in [3.8, 4) is 0 Å². The second kappa shape index (κ2) is 24.6. The standard InChI is InChI=1S/C50H79N5O7/c1-14-34(6)47(54(11)50(60)40(32(2)3)29-43(57)46(33(4)5)52(8)9)44(61-12)30-45(58)55-26-18-21-41(55)48(62-13)35(7)42(56)28-38(27-36-19-16-15-17-20-36)49(59)53(10)31-37-22-24-39(51)25-23-37/h15-17,19-20,22-25,32-35,38,40-41,44,46-48H,14,18,21,26-31,51H2,1-13H3/t34-,35-,38+,40-,41-,44+,46-,47-,48+/m0/s1. The minimum Gasteiger partial charge on any atom is -0.399 e. The Morgan fingerprint density at radius 1 is 0.774 bits per heavy atom. The Morgan fingerprint density at radius 3 is 1.94 bits per heavy atom. The fourth-order valence-electron chi connectivity index (χ4n) is 9.66. The Labute approximate surface area is 373 Å². The van der Waals surface area contributed by atoms with E-state index < -0.39 is 36.0 Å². The molecule has 0 bridgehead atoms. The number of benzene rings is 2. The van der Waals surface area contributed by atoms with Crippen molar-refractivity contribution in [2.75, 3.05) is 54.7 Å². The van der Waals surface area contributed by atoms with Crippen LogP contribution in [0.25, 0.3) is 0 Å². The number of anilines is 1. The van der Waals surface area contributed by atoms with Gasteiger partial charge in [-0.1, -0.05) is 97.4 Å².